The van der Waals surface area contributed by atoms with Gasteiger partial charge in [-0.2, -0.15) is 0 Å². The van der Waals surface area contributed by atoms with Crippen LogP contribution in [0.4, 0.5) is 0 Å². The van der Waals surface area contributed by atoms with Crippen molar-refractivity contribution in [2.24, 2.45) is 0 Å². The highest BCUT2D eigenvalue weighted by molar-refractivity contribution is 7.31. The van der Waals surface area contributed by atoms with Crippen LogP contribution in [-0.2, 0) is 50.9 Å². The van der Waals surface area contributed by atoms with Gasteiger partial charge in [0.15, 0.2) is 49.9 Å². The molecule has 22 heteroatoms. The minimum Gasteiger partial charge on any atom is -0.456 e. The van der Waals surface area contributed by atoms with E-state index in [0.29, 0.717) is 0 Å². The van der Waals surface area contributed by atoms with Crippen LogP contribution in [0.3, 0.4) is 0 Å². The third-order valence-corrected chi connectivity index (χ3v) is 72.0. The lowest BCUT2D eigenvalue weighted by Crippen LogP contribution is -2.45. The third-order valence-electron chi connectivity index (χ3n) is 29.7. The summed E-state index contributed by atoms with van der Waals surface area (Å²) in [5.74, 6) is 0. The molecule has 12 aromatic heterocycles. The summed E-state index contributed by atoms with van der Waals surface area (Å²) in [5, 5.41) is 0. The summed E-state index contributed by atoms with van der Waals surface area (Å²) in [5.41, 5.74) is 0. The molecule has 3 nitrogen and oxygen atoms in total. The highest BCUT2D eigenvalue weighted by atomic mass is 32.1. The number of thiophene rings is 12. The Morgan fingerprint density at radius 2 is 0.299 bits per heavy atom. The first-order valence-corrected chi connectivity index (χ1v) is 90.8. The summed E-state index contributed by atoms with van der Waals surface area (Å²) in [6.07, 6.45) is 67.7. The molecule has 147 heavy (non-hydrogen) atoms. The van der Waals surface area contributed by atoms with Crippen molar-refractivity contribution in [1.82, 2.24) is 0 Å². The fourth-order valence-corrected chi connectivity index (χ4v) is 67.5. The Balaban J connectivity index is 0.000000378. The average Bonchev–Trinajstić information content (AvgIpc) is 1.65. The number of unbranched alkanes of at least 4 members (excludes halogenated alkanes) is 34. The average molecular weight is 2330 g/mol. The van der Waals surface area contributed by atoms with Crippen molar-refractivity contribution in [2.75, 3.05) is 0 Å². The van der Waals surface area contributed by atoms with E-state index in [0.717, 1.165) is 0 Å². The molecular weight excluding hydrogens is 2130 g/mol. The van der Waals surface area contributed by atoms with E-state index in [4.69, 9.17) is 12.3 Å². The molecule has 0 amide bonds. The first-order chi connectivity index (χ1) is 70.9. The van der Waals surface area contributed by atoms with E-state index < -0.39 is 58.0 Å². The van der Waals surface area contributed by atoms with Crippen LogP contribution in [0.25, 0.3) is 87.8 Å². The zero-order chi connectivity index (χ0) is 105. The maximum absolute atomic E-state index is 7.34. The van der Waals surface area contributed by atoms with Crippen molar-refractivity contribution in [3.8, 4) is 87.8 Å². The van der Waals surface area contributed by atoms with Gasteiger partial charge in [0.05, 0.1) is 8.07 Å². The summed E-state index contributed by atoms with van der Waals surface area (Å²) in [4.78, 5) is 34.7. The second kappa shape index (κ2) is 66.6. The Morgan fingerprint density at radius 1 is 0.143 bits per heavy atom. The van der Waals surface area contributed by atoms with Gasteiger partial charge in [0.25, 0.3) is 0 Å². The molecule has 0 saturated carbocycles. The molecule has 0 bridgehead atoms. The minimum absolute atomic E-state index is 1.23. The molecule has 0 aliphatic rings. The molecular formula is C125H196O3S12Si7. The Kier molecular flexibility index (Phi) is 56.6. The summed E-state index contributed by atoms with van der Waals surface area (Å²) >= 11 is 23.8. The van der Waals surface area contributed by atoms with Gasteiger partial charge in [-0.25, -0.2) is 0 Å². The molecule has 0 aliphatic carbocycles. The predicted octanol–water partition coefficient (Wildman–Crippen LogP) is 49.7. The smallest absolute Gasteiger partial charge is 0.173 e. The molecule has 12 aromatic rings. The summed E-state index contributed by atoms with van der Waals surface area (Å²) < 4.78 is 21.2. The second-order valence-corrected chi connectivity index (χ2v) is 92.6. The van der Waals surface area contributed by atoms with Crippen LogP contribution < -0.4 is 0 Å². The summed E-state index contributed by atoms with van der Waals surface area (Å²) in [6, 6.07) is 69.3. The van der Waals surface area contributed by atoms with Crippen LogP contribution in [0.1, 0.15) is 346 Å². The number of hydrogen-bond acceptors (Lipinski definition) is 15. The fourth-order valence-electron chi connectivity index (χ4n) is 22.1. The van der Waals surface area contributed by atoms with Gasteiger partial charge in [-0.05, 0) is 338 Å². The first kappa shape index (κ1) is 125. The van der Waals surface area contributed by atoms with Gasteiger partial charge in [-0.1, -0.05) is 303 Å². The zero-order valence-corrected chi connectivity index (χ0v) is 112. The highest BCUT2D eigenvalue weighted by Crippen LogP contribution is 2.49. The molecule has 0 spiro atoms. The summed E-state index contributed by atoms with van der Waals surface area (Å²) in [6.45, 7) is 44.1. The molecule has 12 heterocycles. The fraction of sp³-hybridized carbons (Fsp3) is 0.616. The predicted molar refractivity (Wildman–Crippen MR) is 700 cm³/mol. The largest absolute Gasteiger partial charge is 0.456 e. The molecule has 12 rings (SSSR count). The highest BCUT2D eigenvalue weighted by Gasteiger charge is 2.38. The molecule has 814 valence electrons. The van der Waals surface area contributed by atoms with Crippen LogP contribution in [0.5, 0.6) is 0 Å². The molecule has 0 N–H and O–H groups in total. The minimum atomic E-state index is -1.72. The lowest BCUT2D eigenvalue weighted by molar-refractivity contribution is 0.522. The third kappa shape index (κ3) is 47.1. The van der Waals surface area contributed by atoms with Crippen LogP contribution in [0.2, 0.25) is 140 Å². The van der Waals surface area contributed by atoms with E-state index in [1.807, 2.05) is 136 Å². The van der Waals surface area contributed by atoms with Crippen LogP contribution in [0, 0.1) is 0 Å². The standard InChI is InChI=1S/C87H138O2S8Si5.C38H58OS4Si2/c1-13-17-20-36-44-72-48-52-76(90-72)80-56-60-84(94-80)86-62-58-82(96-86)78-54-50-74(92-78)46-38-32-28-24-22-26-30-34-40-65-98(5,6)88-100(9,10)67-42-70-102(64-16-4,69-19-15-3)71-43-68-101(11,12)89-99(7,8)66-41-35-31-27-23-25-29-33-39-47-75-51-55-79(93-75)83-59-63-87(97-83)85-61-57-81(95-85)77-53-49-73(91-77)45-37-21-18-14-2;1-7-8-9-17-20-31-22-24-33(40-31)35-26-28-37(42-35)38-29-27-36(43-38)34-25-23-32(41-34)21-18-15-13-11-10-12-14-16-19-30-45(5,6)39-44(2,3)4/h48-63H,13-47,64-71H2,1-12H3;22-29H,7-21,30H2,1-6H3. The first-order valence-electron chi connectivity index (χ1n) is 59.1. The van der Waals surface area contributed by atoms with Gasteiger partial charge in [-0.15, -0.1) is 136 Å². The van der Waals surface area contributed by atoms with Gasteiger partial charge < -0.3 is 12.3 Å². The van der Waals surface area contributed by atoms with E-state index in [1.54, 1.807) is 20.7 Å². The molecule has 0 fully saturated rings. The molecule has 0 aromatic carbocycles. The normalized spacial score (nSPS) is 12.6. The van der Waals surface area contributed by atoms with Crippen molar-refractivity contribution in [3.63, 3.8) is 0 Å². The van der Waals surface area contributed by atoms with E-state index in [2.05, 4.69) is 265 Å². The van der Waals surface area contributed by atoms with Crippen molar-refractivity contribution in [2.45, 2.75) is 495 Å². The van der Waals surface area contributed by atoms with Crippen molar-refractivity contribution in [1.29, 1.82) is 0 Å². The lowest BCUT2D eigenvalue weighted by atomic mass is 10.1. The van der Waals surface area contributed by atoms with Crippen molar-refractivity contribution >= 4 is 194 Å². The SMILES string of the molecule is CCCCCCc1ccc(-c2ccc(-c3ccc(-c4ccc(CCCCCCCCCCC[Si](C)(C)O[Si](C)(C)C)s4)s3)s2)s1.CCCCCCc1ccc(-c2ccc(-c3ccc(-c4ccc(CCCCCCCCCCC[Si](C)(C)O[Si](C)(C)CCC[Si](CCC)(CCCC)CCC[Si](C)(C)O[Si](C)(C)CCCCCCCCCCCc5ccc(-c6ccc(-c7ccc(-c8ccc(CCCCCC)s8)s7)s6)s5)s4)s3)s2)s1. The van der Waals surface area contributed by atoms with Gasteiger partial charge in [-0.3, -0.25) is 0 Å². The molecule has 0 radical (unpaired) electrons. The molecule has 0 aliphatic heterocycles. The zero-order valence-electron chi connectivity index (χ0n) is 95.2. The maximum Gasteiger partial charge on any atom is 0.173 e. The Labute approximate surface area is 954 Å². The monoisotopic (exact) mass is 2330 g/mol. The molecule has 0 unspecified atom stereocenters. The van der Waals surface area contributed by atoms with E-state index in [-0.39, 0.29) is 0 Å². The van der Waals surface area contributed by atoms with Gasteiger partial charge >= 0.3 is 0 Å². The quantitative estimate of drug-likeness (QED) is 0.0281. The van der Waals surface area contributed by atoms with Crippen molar-refractivity contribution < 1.29 is 12.3 Å². The van der Waals surface area contributed by atoms with E-state index >= 15 is 0 Å². The number of rotatable bonds is 79. The Morgan fingerprint density at radius 3 is 0.490 bits per heavy atom. The topological polar surface area (TPSA) is 27.7 Å². The number of hydrogen-bond donors (Lipinski definition) is 0. The van der Waals surface area contributed by atoms with Gasteiger partial charge in [0, 0.05) is 117 Å². The van der Waals surface area contributed by atoms with Crippen LogP contribution >= 0.6 is 136 Å². The molecule has 0 atom stereocenters. The van der Waals surface area contributed by atoms with E-state index in [1.165, 1.54) is 472 Å². The molecule has 0 saturated heterocycles. The number of aryl methyl sites for hydroxylation is 6. The second-order valence-electron chi connectivity index (χ2n) is 47.3. The van der Waals surface area contributed by atoms with Crippen LogP contribution in [0.15, 0.2) is 146 Å². The van der Waals surface area contributed by atoms with E-state index in [9.17, 15) is 0 Å². The Hall–Kier alpha value is -2.20. The van der Waals surface area contributed by atoms with Crippen molar-refractivity contribution in [3.05, 3.63) is 175 Å². The maximum atomic E-state index is 7.34. The van der Waals surface area contributed by atoms with Gasteiger partial charge in [0.2, 0.25) is 0 Å². The van der Waals surface area contributed by atoms with Crippen LogP contribution in [-0.4, -0.2) is 58.0 Å². The lowest BCUT2D eigenvalue weighted by Gasteiger charge is -2.37. The Bertz CT molecular complexity index is 5290. The van der Waals surface area contributed by atoms with Gasteiger partial charge in [0.1, 0.15) is 0 Å². The summed E-state index contributed by atoms with van der Waals surface area (Å²) in [7, 11) is -11.0.